The number of hydrogen-bond donors (Lipinski definition) is 0. The number of hydrogen-bond acceptors (Lipinski definition) is 1. The first-order valence-electron chi connectivity index (χ1n) is 14.6. The SMILES string of the molecule is CCCCc1cc(C=C[N+](CC)=Nc2cc(CC)c(-c3ccccc3)c(-c3ccccc3)c2)cc(C)c1CC. The summed E-state index contributed by atoms with van der Waals surface area (Å²) in [4.78, 5) is 0. The van der Waals surface area contributed by atoms with E-state index in [0.717, 1.165) is 31.5 Å². The second-order valence-electron chi connectivity index (χ2n) is 10.2. The molecule has 200 valence electrons. The summed E-state index contributed by atoms with van der Waals surface area (Å²) in [5.41, 5.74) is 12.9. The summed E-state index contributed by atoms with van der Waals surface area (Å²) in [6, 6.07) is 30.6. The van der Waals surface area contributed by atoms with Gasteiger partial charge in [0.2, 0.25) is 0 Å². The predicted octanol–water partition coefficient (Wildman–Crippen LogP) is 10.6. The van der Waals surface area contributed by atoms with E-state index >= 15 is 0 Å². The van der Waals surface area contributed by atoms with E-state index in [2.05, 4.69) is 137 Å². The van der Waals surface area contributed by atoms with Gasteiger partial charge in [-0.3, -0.25) is 0 Å². The number of aryl methyl sites for hydroxylation is 3. The molecule has 0 bridgehead atoms. The molecule has 0 saturated heterocycles. The van der Waals surface area contributed by atoms with Crippen LogP contribution < -0.4 is 0 Å². The third-order valence-corrected chi connectivity index (χ3v) is 7.48. The van der Waals surface area contributed by atoms with Crippen molar-refractivity contribution in [1.82, 2.24) is 0 Å². The summed E-state index contributed by atoms with van der Waals surface area (Å²) in [6.07, 6.45) is 9.98. The van der Waals surface area contributed by atoms with Gasteiger partial charge in [0.25, 0.3) is 0 Å². The lowest BCUT2D eigenvalue weighted by atomic mass is 9.89. The van der Waals surface area contributed by atoms with E-state index in [4.69, 9.17) is 5.11 Å². The third-order valence-electron chi connectivity index (χ3n) is 7.48. The lowest BCUT2D eigenvalue weighted by molar-refractivity contribution is -0.519. The van der Waals surface area contributed by atoms with Gasteiger partial charge >= 0.3 is 0 Å². The molecule has 0 spiro atoms. The van der Waals surface area contributed by atoms with Gasteiger partial charge in [-0.05, 0) is 107 Å². The predicted molar refractivity (Wildman–Crippen MR) is 168 cm³/mol. The van der Waals surface area contributed by atoms with E-state index in [-0.39, 0.29) is 0 Å². The molecule has 0 unspecified atom stereocenters. The molecule has 0 heterocycles. The molecule has 0 radical (unpaired) electrons. The fourth-order valence-electron chi connectivity index (χ4n) is 5.46. The van der Waals surface area contributed by atoms with E-state index in [1.54, 1.807) is 0 Å². The Balaban J connectivity index is 1.76. The van der Waals surface area contributed by atoms with Gasteiger partial charge in [-0.1, -0.05) is 105 Å². The van der Waals surface area contributed by atoms with E-state index in [0.29, 0.717) is 0 Å². The van der Waals surface area contributed by atoms with Crippen molar-refractivity contribution >= 4 is 11.8 Å². The van der Waals surface area contributed by atoms with Crippen molar-refractivity contribution in [1.29, 1.82) is 0 Å². The summed E-state index contributed by atoms with van der Waals surface area (Å²) in [6.45, 7) is 12.0. The van der Waals surface area contributed by atoms with Crippen LogP contribution in [0.15, 0.2) is 96.2 Å². The highest BCUT2D eigenvalue weighted by Crippen LogP contribution is 2.38. The number of unbranched alkanes of at least 4 members (excludes halogenated alkanes) is 1. The molecule has 0 aromatic heterocycles. The second kappa shape index (κ2) is 13.8. The Bertz CT molecular complexity index is 1430. The van der Waals surface area contributed by atoms with Crippen molar-refractivity contribution in [3.05, 3.63) is 119 Å². The maximum absolute atomic E-state index is 5.10. The molecule has 39 heavy (non-hydrogen) atoms. The van der Waals surface area contributed by atoms with Gasteiger partial charge in [0.1, 0.15) is 5.69 Å². The molecule has 0 atom stereocenters. The molecular weight excluding hydrogens is 472 g/mol. The van der Waals surface area contributed by atoms with Crippen molar-refractivity contribution < 1.29 is 4.70 Å². The van der Waals surface area contributed by atoms with Crippen LogP contribution in [0, 0.1) is 6.92 Å². The molecule has 2 nitrogen and oxygen atoms in total. The summed E-state index contributed by atoms with van der Waals surface area (Å²) < 4.78 is 2.06. The average Bonchev–Trinajstić information content (AvgIpc) is 2.98. The van der Waals surface area contributed by atoms with Gasteiger partial charge in [0.05, 0.1) is 0 Å². The quantitative estimate of drug-likeness (QED) is 0.139. The first-order valence-corrected chi connectivity index (χ1v) is 14.6. The van der Waals surface area contributed by atoms with Crippen LogP contribution in [0.2, 0.25) is 0 Å². The van der Waals surface area contributed by atoms with Gasteiger partial charge in [-0.2, -0.15) is 0 Å². The zero-order valence-electron chi connectivity index (χ0n) is 24.4. The van der Waals surface area contributed by atoms with Crippen LogP contribution in [0.3, 0.4) is 0 Å². The molecule has 2 heteroatoms. The third kappa shape index (κ3) is 7.00. The zero-order chi connectivity index (χ0) is 27.6. The minimum atomic E-state index is 0.799. The number of azo groups is 2. The Hall–Kier alpha value is -3.78. The highest BCUT2D eigenvalue weighted by Gasteiger charge is 2.15. The molecule has 0 saturated carbocycles. The van der Waals surface area contributed by atoms with Crippen LogP contribution in [0.4, 0.5) is 5.69 Å². The van der Waals surface area contributed by atoms with Crippen molar-refractivity contribution in [3.8, 4) is 22.3 Å². The number of rotatable bonds is 11. The van der Waals surface area contributed by atoms with Crippen LogP contribution in [0.1, 0.15) is 68.4 Å². The molecule has 4 aromatic rings. The first kappa shape index (κ1) is 28.2. The number of benzene rings is 4. The highest BCUT2D eigenvalue weighted by atomic mass is 15.2. The Morgan fingerprint density at radius 2 is 1.44 bits per heavy atom. The summed E-state index contributed by atoms with van der Waals surface area (Å²) in [7, 11) is 0. The maximum atomic E-state index is 5.10. The van der Waals surface area contributed by atoms with Gasteiger partial charge in [-0.15, -0.1) is 0 Å². The monoisotopic (exact) mass is 515 g/mol. The lowest BCUT2D eigenvalue weighted by Gasteiger charge is -2.16. The molecule has 0 aliphatic heterocycles. The highest BCUT2D eigenvalue weighted by molar-refractivity contribution is 5.87. The fraction of sp³-hybridized carbons (Fsp3) is 0.297. The van der Waals surface area contributed by atoms with E-state index in [9.17, 15) is 0 Å². The molecule has 0 N–H and O–H groups in total. The normalized spacial score (nSPS) is 11.9. The maximum Gasteiger partial charge on any atom is 0.196 e. The zero-order valence-corrected chi connectivity index (χ0v) is 24.4. The van der Waals surface area contributed by atoms with E-state index in [1.165, 1.54) is 62.9 Å². The Morgan fingerprint density at radius 3 is 2.05 bits per heavy atom. The van der Waals surface area contributed by atoms with Crippen LogP contribution in [-0.4, -0.2) is 11.2 Å². The Morgan fingerprint density at radius 1 is 0.744 bits per heavy atom. The van der Waals surface area contributed by atoms with E-state index in [1.807, 2.05) is 0 Å². The Kier molecular flexibility index (Phi) is 10.0. The van der Waals surface area contributed by atoms with E-state index < -0.39 is 0 Å². The van der Waals surface area contributed by atoms with Crippen molar-refractivity contribution in [3.63, 3.8) is 0 Å². The molecule has 0 aliphatic rings. The molecule has 0 fully saturated rings. The molecule has 4 rings (SSSR count). The van der Waals surface area contributed by atoms with Gasteiger partial charge < -0.3 is 0 Å². The minimum absolute atomic E-state index is 0.799. The summed E-state index contributed by atoms with van der Waals surface area (Å²) in [5.74, 6) is 0. The van der Waals surface area contributed by atoms with Crippen LogP contribution in [0.5, 0.6) is 0 Å². The number of nitrogens with zero attached hydrogens (tertiary/aromatic N) is 2. The second-order valence-corrected chi connectivity index (χ2v) is 10.2. The average molecular weight is 516 g/mol. The van der Waals surface area contributed by atoms with Crippen molar-refractivity contribution in [2.24, 2.45) is 5.11 Å². The summed E-state index contributed by atoms with van der Waals surface area (Å²) in [5, 5.41) is 5.10. The standard InChI is InChI=1S/C37H43N2/c1-6-10-17-33-25-29(24-28(5)35(33)8-3)22-23-39(9-4)38-34-26-30(7-2)37(32-20-15-12-16-21-32)36(27-34)31-18-13-11-14-19-31/h11-16,18-27H,6-10,17H2,1-5H3/q+1. The van der Waals surface area contributed by atoms with Gasteiger partial charge in [0, 0.05) is 6.08 Å². The topological polar surface area (TPSA) is 15.4 Å². The molecule has 4 aromatic carbocycles. The van der Waals surface area contributed by atoms with Gasteiger partial charge in [-0.25, -0.2) is 0 Å². The first-order chi connectivity index (χ1) is 19.1. The van der Waals surface area contributed by atoms with Crippen LogP contribution >= 0.6 is 0 Å². The van der Waals surface area contributed by atoms with Crippen molar-refractivity contribution in [2.75, 3.05) is 6.54 Å². The summed E-state index contributed by atoms with van der Waals surface area (Å²) >= 11 is 0. The van der Waals surface area contributed by atoms with Crippen molar-refractivity contribution in [2.45, 2.75) is 66.7 Å². The lowest BCUT2D eigenvalue weighted by Crippen LogP contribution is -2.01. The fourth-order valence-corrected chi connectivity index (χ4v) is 5.46. The molecular formula is C37H43N2+. The molecule has 0 amide bonds. The van der Waals surface area contributed by atoms with Crippen LogP contribution in [-0.2, 0) is 19.3 Å². The minimum Gasteiger partial charge on any atom is -0.0910 e. The van der Waals surface area contributed by atoms with Crippen LogP contribution in [0.25, 0.3) is 28.3 Å². The largest absolute Gasteiger partial charge is 0.196 e. The van der Waals surface area contributed by atoms with Gasteiger partial charge in [0.15, 0.2) is 12.7 Å². The Labute approximate surface area is 235 Å². The molecule has 0 aliphatic carbocycles. The smallest absolute Gasteiger partial charge is 0.0910 e.